The average molecular weight is 358 g/mol. The Morgan fingerprint density at radius 2 is 1.92 bits per heavy atom. The fourth-order valence-corrected chi connectivity index (χ4v) is 3.29. The van der Waals surface area contributed by atoms with Gasteiger partial charge in [0.1, 0.15) is 6.04 Å². The quantitative estimate of drug-likeness (QED) is 0.881. The van der Waals surface area contributed by atoms with Gasteiger partial charge in [0, 0.05) is 23.5 Å². The summed E-state index contributed by atoms with van der Waals surface area (Å²) in [5, 5.41) is 7.29. The molecule has 0 saturated carbocycles. The number of nitrogens with zero attached hydrogens (tertiary/aromatic N) is 5. The first-order valence-corrected chi connectivity index (χ1v) is 9.00. The number of hydrogen-bond donors (Lipinski definition) is 1. The molecule has 0 aliphatic carbocycles. The van der Waals surface area contributed by atoms with E-state index in [4.69, 9.17) is 0 Å². The molecule has 8 nitrogen and oxygen atoms in total. The molecule has 0 bridgehead atoms. The Hall–Kier alpha value is -2.51. The summed E-state index contributed by atoms with van der Waals surface area (Å²) in [4.78, 5) is 35.9. The molecule has 2 amide bonds. The van der Waals surface area contributed by atoms with Gasteiger partial charge < -0.3 is 10.2 Å². The zero-order valence-corrected chi connectivity index (χ0v) is 16.0. The molecule has 1 unspecified atom stereocenters. The molecule has 26 heavy (non-hydrogen) atoms. The second-order valence-electron chi connectivity index (χ2n) is 7.94. The van der Waals surface area contributed by atoms with E-state index in [9.17, 15) is 9.59 Å². The molecule has 2 aromatic rings. The number of aryl methyl sites for hydroxylation is 2. The number of nitrogens with one attached hydrogen (secondary N) is 1. The van der Waals surface area contributed by atoms with E-state index in [2.05, 4.69) is 20.4 Å². The van der Waals surface area contributed by atoms with Crippen molar-refractivity contribution in [2.45, 2.75) is 65.5 Å². The van der Waals surface area contributed by atoms with Crippen LogP contribution < -0.4 is 5.32 Å². The summed E-state index contributed by atoms with van der Waals surface area (Å²) < 4.78 is 1.56. The van der Waals surface area contributed by atoms with Gasteiger partial charge in [-0.2, -0.15) is 4.98 Å². The van der Waals surface area contributed by atoms with Gasteiger partial charge >= 0.3 is 0 Å². The SMILES string of the molecule is Cc1cc(C)n2nc(C(=O)N3CCCCC3C(=O)NC(C)(C)C)nc2n1. The van der Waals surface area contributed by atoms with Crippen LogP contribution in [-0.4, -0.2) is 54.4 Å². The predicted octanol–water partition coefficient (Wildman–Crippen LogP) is 1.65. The van der Waals surface area contributed by atoms with Crippen molar-refractivity contribution in [3.8, 4) is 0 Å². The van der Waals surface area contributed by atoms with E-state index in [1.165, 1.54) is 0 Å². The normalized spacial score (nSPS) is 18.2. The first-order chi connectivity index (χ1) is 12.2. The van der Waals surface area contributed by atoms with Crippen molar-refractivity contribution in [1.29, 1.82) is 0 Å². The van der Waals surface area contributed by atoms with Crippen molar-refractivity contribution >= 4 is 17.6 Å². The molecule has 1 aliphatic rings. The van der Waals surface area contributed by atoms with Crippen molar-refractivity contribution in [2.24, 2.45) is 0 Å². The molecule has 2 aromatic heterocycles. The number of piperidine rings is 1. The molecule has 0 aromatic carbocycles. The first kappa shape index (κ1) is 18.3. The third-order valence-electron chi connectivity index (χ3n) is 4.37. The molecule has 8 heteroatoms. The summed E-state index contributed by atoms with van der Waals surface area (Å²) in [6, 6.07) is 1.40. The lowest BCUT2D eigenvalue weighted by Crippen LogP contribution is -2.55. The van der Waals surface area contributed by atoms with E-state index in [0.29, 0.717) is 18.7 Å². The van der Waals surface area contributed by atoms with E-state index in [0.717, 1.165) is 24.2 Å². The number of fused-ring (bicyclic) bond motifs is 1. The van der Waals surface area contributed by atoms with Crippen LogP contribution >= 0.6 is 0 Å². The Balaban J connectivity index is 1.89. The highest BCUT2D eigenvalue weighted by molar-refractivity contribution is 5.95. The number of carbonyl (C=O) groups excluding carboxylic acids is 2. The molecule has 0 radical (unpaired) electrons. The molecule has 3 rings (SSSR count). The minimum atomic E-state index is -0.488. The lowest BCUT2D eigenvalue weighted by Gasteiger charge is -2.35. The number of rotatable bonds is 2. The largest absolute Gasteiger partial charge is 0.350 e. The van der Waals surface area contributed by atoms with Gasteiger partial charge in [-0.05, 0) is 59.9 Å². The van der Waals surface area contributed by atoms with Gasteiger partial charge in [-0.25, -0.2) is 9.50 Å². The number of hydrogen-bond acceptors (Lipinski definition) is 5. The monoisotopic (exact) mass is 358 g/mol. The van der Waals surface area contributed by atoms with Crippen molar-refractivity contribution < 1.29 is 9.59 Å². The van der Waals surface area contributed by atoms with Crippen molar-refractivity contribution in [3.63, 3.8) is 0 Å². The molecule has 1 N–H and O–H groups in total. The van der Waals surface area contributed by atoms with Crippen molar-refractivity contribution in [1.82, 2.24) is 29.8 Å². The molecule has 1 saturated heterocycles. The average Bonchev–Trinajstić information content (AvgIpc) is 2.97. The van der Waals surface area contributed by atoms with Crippen LogP contribution in [0.5, 0.6) is 0 Å². The van der Waals surface area contributed by atoms with Crippen molar-refractivity contribution in [3.05, 3.63) is 23.3 Å². The van der Waals surface area contributed by atoms with Gasteiger partial charge in [-0.15, -0.1) is 5.10 Å². The fraction of sp³-hybridized carbons (Fsp3) is 0.611. The summed E-state index contributed by atoms with van der Waals surface area (Å²) >= 11 is 0. The van der Waals surface area contributed by atoms with Crippen LogP contribution in [0.2, 0.25) is 0 Å². The van der Waals surface area contributed by atoms with Gasteiger partial charge in [-0.3, -0.25) is 9.59 Å². The zero-order chi connectivity index (χ0) is 19.1. The van der Waals surface area contributed by atoms with E-state index in [1.54, 1.807) is 9.42 Å². The van der Waals surface area contributed by atoms with Gasteiger partial charge in [0.15, 0.2) is 0 Å². The van der Waals surface area contributed by atoms with Crippen LogP contribution in [0.4, 0.5) is 0 Å². The Bertz CT molecular complexity index is 851. The van der Waals surface area contributed by atoms with Gasteiger partial charge in [0.25, 0.3) is 11.7 Å². The van der Waals surface area contributed by atoms with E-state index >= 15 is 0 Å². The highest BCUT2D eigenvalue weighted by Crippen LogP contribution is 2.20. The number of amides is 2. The van der Waals surface area contributed by atoms with Crippen LogP contribution in [0, 0.1) is 13.8 Å². The van der Waals surface area contributed by atoms with Crippen LogP contribution in [0.25, 0.3) is 5.78 Å². The molecule has 1 atom stereocenters. The summed E-state index contributed by atoms with van der Waals surface area (Å²) in [5.74, 6) is 0.0426. The fourth-order valence-electron chi connectivity index (χ4n) is 3.29. The van der Waals surface area contributed by atoms with Crippen molar-refractivity contribution in [2.75, 3.05) is 6.54 Å². The predicted molar refractivity (Wildman–Crippen MR) is 96.8 cm³/mol. The molecule has 1 aliphatic heterocycles. The smallest absolute Gasteiger partial charge is 0.294 e. The second kappa shape index (κ2) is 6.66. The van der Waals surface area contributed by atoms with Gasteiger partial charge in [-0.1, -0.05) is 0 Å². The molecule has 1 fully saturated rings. The number of aromatic nitrogens is 4. The summed E-state index contributed by atoms with van der Waals surface area (Å²) in [6.07, 6.45) is 2.44. The topological polar surface area (TPSA) is 92.5 Å². The summed E-state index contributed by atoms with van der Waals surface area (Å²) in [7, 11) is 0. The molecule has 140 valence electrons. The van der Waals surface area contributed by atoms with Gasteiger partial charge in [0.05, 0.1) is 0 Å². The maximum absolute atomic E-state index is 13.0. The molecule has 0 spiro atoms. The second-order valence-corrected chi connectivity index (χ2v) is 7.94. The number of carbonyl (C=O) groups is 2. The lowest BCUT2D eigenvalue weighted by atomic mass is 9.99. The summed E-state index contributed by atoms with van der Waals surface area (Å²) in [5.41, 5.74) is 1.34. The third-order valence-corrected chi connectivity index (χ3v) is 4.37. The van der Waals surface area contributed by atoms with Crippen LogP contribution in [0.15, 0.2) is 6.07 Å². The number of likely N-dealkylation sites (tertiary alicyclic amines) is 1. The zero-order valence-electron chi connectivity index (χ0n) is 16.0. The Kier molecular flexibility index (Phi) is 4.68. The lowest BCUT2D eigenvalue weighted by molar-refractivity contribution is -0.128. The Morgan fingerprint density at radius 3 is 2.62 bits per heavy atom. The van der Waals surface area contributed by atoms with Gasteiger partial charge in [0.2, 0.25) is 11.7 Å². The van der Waals surface area contributed by atoms with E-state index < -0.39 is 6.04 Å². The molecular formula is C18H26N6O2. The van der Waals surface area contributed by atoms with E-state index in [-0.39, 0.29) is 23.2 Å². The summed E-state index contributed by atoms with van der Waals surface area (Å²) in [6.45, 7) is 10.1. The Morgan fingerprint density at radius 1 is 1.19 bits per heavy atom. The molecule has 3 heterocycles. The van der Waals surface area contributed by atoms with Crippen LogP contribution in [0.1, 0.15) is 62.0 Å². The van der Waals surface area contributed by atoms with Crippen LogP contribution in [0.3, 0.4) is 0 Å². The Labute approximate surface area is 153 Å². The molecular weight excluding hydrogens is 332 g/mol. The van der Waals surface area contributed by atoms with Crippen LogP contribution in [-0.2, 0) is 4.79 Å². The third kappa shape index (κ3) is 3.68. The highest BCUT2D eigenvalue weighted by atomic mass is 16.2. The first-order valence-electron chi connectivity index (χ1n) is 9.00. The minimum Gasteiger partial charge on any atom is -0.350 e. The standard InChI is InChI=1S/C18H26N6O2/c1-11-10-12(2)24-17(19-11)20-14(22-24)16(26)23-9-7-6-8-13(23)15(25)21-18(3,4)5/h10,13H,6-9H2,1-5H3,(H,21,25). The maximum Gasteiger partial charge on any atom is 0.294 e. The van der Waals surface area contributed by atoms with E-state index in [1.807, 2.05) is 40.7 Å². The minimum absolute atomic E-state index is 0.0849. The highest BCUT2D eigenvalue weighted by Gasteiger charge is 2.35. The maximum atomic E-state index is 13.0.